The van der Waals surface area contributed by atoms with Gasteiger partial charge in [0.05, 0.1) is 12.5 Å². The molecule has 0 amide bonds. The highest BCUT2D eigenvalue weighted by Gasteiger charge is 2.28. The third-order valence-electron chi connectivity index (χ3n) is 3.56. The van der Waals surface area contributed by atoms with Crippen molar-refractivity contribution in [3.8, 4) is 5.75 Å². The van der Waals surface area contributed by atoms with Crippen LogP contribution >= 0.6 is 0 Å². The van der Waals surface area contributed by atoms with Gasteiger partial charge in [0, 0.05) is 0 Å². The fourth-order valence-corrected chi connectivity index (χ4v) is 2.42. The lowest BCUT2D eigenvalue weighted by Crippen LogP contribution is -2.27. The minimum Gasteiger partial charge on any atom is -0.426 e. The van der Waals surface area contributed by atoms with E-state index in [0.717, 1.165) is 12.8 Å². The number of carbonyl (C=O) groups is 1. The van der Waals surface area contributed by atoms with E-state index in [0.29, 0.717) is 18.6 Å². The molecule has 0 saturated heterocycles. The number of carbonyl (C=O) groups excluding carboxylic acids is 1. The molecular formula is C14H17NO5. The van der Waals surface area contributed by atoms with Gasteiger partial charge in [-0.05, 0) is 43.7 Å². The van der Waals surface area contributed by atoms with Crippen LogP contribution in [-0.2, 0) is 9.63 Å². The molecule has 6 heteroatoms. The predicted octanol–water partition coefficient (Wildman–Crippen LogP) is 2.61. The third-order valence-corrected chi connectivity index (χ3v) is 3.56. The summed E-state index contributed by atoms with van der Waals surface area (Å²) in [5.74, 6) is 0.365. The molecule has 20 heavy (non-hydrogen) atoms. The maximum Gasteiger partial charge on any atom is 0.314 e. The molecule has 0 bridgehead atoms. The average molecular weight is 279 g/mol. The Morgan fingerprint density at radius 1 is 1.20 bits per heavy atom. The molecule has 0 heterocycles. The fraction of sp³-hybridized carbons (Fsp3) is 0.500. The summed E-state index contributed by atoms with van der Waals surface area (Å²) < 4.78 is 5.31. The Kier molecular flexibility index (Phi) is 4.92. The van der Waals surface area contributed by atoms with Crippen LogP contribution in [0.4, 0.5) is 0 Å². The summed E-state index contributed by atoms with van der Waals surface area (Å²) in [5.41, 5.74) is 0. The van der Waals surface area contributed by atoms with Gasteiger partial charge >= 0.3 is 5.97 Å². The van der Waals surface area contributed by atoms with Gasteiger partial charge in [-0.15, -0.1) is 10.1 Å². The van der Waals surface area contributed by atoms with E-state index in [1.807, 2.05) is 18.2 Å². The van der Waals surface area contributed by atoms with Gasteiger partial charge in [-0.3, -0.25) is 4.79 Å². The summed E-state index contributed by atoms with van der Waals surface area (Å²) >= 11 is 0. The van der Waals surface area contributed by atoms with Crippen molar-refractivity contribution in [3.63, 3.8) is 0 Å². The number of benzene rings is 1. The van der Waals surface area contributed by atoms with Crippen LogP contribution < -0.4 is 4.74 Å². The van der Waals surface area contributed by atoms with Gasteiger partial charge in [0.15, 0.2) is 0 Å². The van der Waals surface area contributed by atoms with Crippen LogP contribution in [-0.4, -0.2) is 17.7 Å². The molecule has 0 unspecified atom stereocenters. The second-order valence-corrected chi connectivity index (χ2v) is 4.97. The molecule has 0 aliphatic heterocycles. The van der Waals surface area contributed by atoms with Crippen LogP contribution in [0.15, 0.2) is 30.3 Å². The van der Waals surface area contributed by atoms with Crippen molar-refractivity contribution in [1.29, 1.82) is 0 Å². The van der Waals surface area contributed by atoms with Gasteiger partial charge in [0.2, 0.25) is 0 Å². The SMILES string of the molecule is O=C(Oc1ccccc1)C1CCC(CO[N+](=O)[O-])CC1. The Balaban J connectivity index is 1.76. The Morgan fingerprint density at radius 2 is 1.85 bits per heavy atom. The largest absolute Gasteiger partial charge is 0.426 e. The molecule has 108 valence electrons. The molecule has 0 radical (unpaired) electrons. The smallest absolute Gasteiger partial charge is 0.314 e. The maximum atomic E-state index is 12.0. The molecule has 0 spiro atoms. The van der Waals surface area contributed by atoms with Crippen molar-refractivity contribution >= 4 is 5.97 Å². The first-order chi connectivity index (χ1) is 9.65. The van der Waals surface area contributed by atoms with Crippen molar-refractivity contribution < 1.29 is 19.5 Å². The van der Waals surface area contributed by atoms with Crippen LogP contribution in [0.25, 0.3) is 0 Å². The molecule has 1 aliphatic carbocycles. The highest BCUT2D eigenvalue weighted by atomic mass is 16.9. The molecule has 0 atom stereocenters. The third kappa shape index (κ3) is 4.22. The zero-order valence-corrected chi connectivity index (χ0v) is 11.1. The number of rotatable bonds is 5. The van der Waals surface area contributed by atoms with E-state index in [2.05, 4.69) is 4.84 Å². The minimum atomic E-state index is -0.768. The number of hydrogen-bond acceptors (Lipinski definition) is 5. The summed E-state index contributed by atoms with van der Waals surface area (Å²) in [6.45, 7) is 0.119. The van der Waals surface area contributed by atoms with Gasteiger partial charge < -0.3 is 9.57 Å². The second kappa shape index (κ2) is 6.88. The fourth-order valence-electron chi connectivity index (χ4n) is 2.42. The first-order valence-electron chi connectivity index (χ1n) is 6.69. The van der Waals surface area contributed by atoms with E-state index in [4.69, 9.17) is 4.74 Å². The molecule has 1 aromatic rings. The first-order valence-corrected chi connectivity index (χ1v) is 6.69. The van der Waals surface area contributed by atoms with E-state index >= 15 is 0 Å². The molecule has 1 fully saturated rings. The van der Waals surface area contributed by atoms with E-state index in [9.17, 15) is 14.9 Å². The highest BCUT2D eigenvalue weighted by Crippen LogP contribution is 2.30. The first kappa shape index (κ1) is 14.3. The van der Waals surface area contributed by atoms with Crippen LogP contribution in [0.5, 0.6) is 5.75 Å². The molecule has 0 aromatic heterocycles. The normalized spacial score (nSPS) is 22.0. The monoisotopic (exact) mass is 279 g/mol. The summed E-state index contributed by atoms with van der Waals surface area (Å²) in [7, 11) is 0. The van der Waals surface area contributed by atoms with Crippen molar-refractivity contribution in [3.05, 3.63) is 40.4 Å². The zero-order chi connectivity index (χ0) is 14.4. The predicted molar refractivity (Wildman–Crippen MR) is 70.5 cm³/mol. The van der Waals surface area contributed by atoms with E-state index < -0.39 is 5.09 Å². The maximum absolute atomic E-state index is 12.0. The number of esters is 1. The van der Waals surface area contributed by atoms with Crippen molar-refractivity contribution in [1.82, 2.24) is 0 Å². The lowest BCUT2D eigenvalue weighted by molar-refractivity contribution is -0.759. The Bertz CT molecular complexity index is 454. The molecule has 6 nitrogen and oxygen atoms in total. The topological polar surface area (TPSA) is 78.7 Å². The second-order valence-electron chi connectivity index (χ2n) is 4.97. The van der Waals surface area contributed by atoms with Gasteiger partial charge in [0.1, 0.15) is 5.75 Å². The number of para-hydroxylation sites is 1. The van der Waals surface area contributed by atoms with E-state index in [1.165, 1.54) is 0 Å². The summed E-state index contributed by atoms with van der Waals surface area (Å²) in [4.78, 5) is 26.5. The number of hydrogen-bond donors (Lipinski definition) is 0. The molecule has 0 N–H and O–H groups in total. The minimum absolute atomic E-state index is 0.119. The van der Waals surface area contributed by atoms with E-state index in [-0.39, 0.29) is 24.4 Å². The highest BCUT2D eigenvalue weighted by molar-refractivity contribution is 5.75. The number of ether oxygens (including phenoxy) is 1. The molecule has 1 aliphatic rings. The van der Waals surface area contributed by atoms with Gasteiger partial charge in [0.25, 0.3) is 5.09 Å². The van der Waals surface area contributed by atoms with E-state index in [1.54, 1.807) is 12.1 Å². The Hall–Kier alpha value is -2.11. The van der Waals surface area contributed by atoms with Crippen LogP contribution in [0.1, 0.15) is 25.7 Å². The van der Waals surface area contributed by atoms with Crippen LogP contribution in [0, 0.1) is 22.0 Å². The zero-order valence-electron chi connectivity index (χ0n) is 11.1. The summed E-state index contributed by atoms with van der Waals surface area (Å²) in [6, 6.07) is 8.98. The van der Waals surface area contributed by atoms with Gasteiger partial charge in [-0.2, -0.15) is 0 Å². The number of nitrogens with zero attached hydrogens (tertiary/aromatic N) is 1. The van der Waals surface area contributed by atoms with Crippen molar-refractivity contribution in [2.75, 3.05) is 6.61 Å². The Labute approximate surface area is 116 Å². The summed E-state index contributed by atoms with van der Waals surface area (Å²) in [5, 5.41) is 9.36. The summed E-state index contributed by atoms with van der Waals surface area (Å²) in [6.07, 6.45) is 2.89. The quantitative estimate of drug-likeness (QED) is 0.358. The average Bonchev–Trinajstić information content (AvgIpc) is 2.46. The van der Waals surface area contributed by atoms with Gasteiger partial charge in [-0.1, -0.05) is 18.2 Å². The Morgan fingerprint density at radius 3 is 2.45 bits per heavy atom. The molecular weight excluding hydrogens is 262 g/mol. The standard InChI is InChI=1S/C14H17NO5/c16-14(20-13-4-2-1-3-5-13)12-8-6-11(7-9-12)10-19-15(17)18/h1-5,11-12H,6-10H2. The molecule has 1 saturated carbocycles. The van der Waals surface area contributed by atoms with Crippen molar-refractivity contribution in [2.45, 2.75) is 25.7 Å². The lowest BCUT2D eigenvalue weighted by Gasteiger charge is -2.26. The van der Waals surface area contributed by atoms with Crippen LogP contribution in [0.3, 0.4) is 0 Å². The van der Waals surface area contributed by atoms with Gasteiger partial charge in [-0.25, -0.2) is 0 Å². The molecule has 2 rings (SSSR count). The van der Waals surface area contributed by atoms with Crippen molar-refractivity contribution in [2.24, 2.45) is 11.8 Å². The van der Waals surface area contributed by atoms with Crippen LogP contribution in [0.2, 0.25) is 0 Å². The lowest BCUT2D eigenvalue weighted by atomic mass is 9.82. The molecule has 1 aromatic carbocycles.